The highest BCUT2D eigenvalue weighted by Crippen LogP contribution is 2.22. The topological polar surface area (TPSA) is 94.4 Å². The van der Waals surface area contributed by atoms with Gasteiger partial charge < -0.3 is 4.90 Å². The largest absolute Gasteiger partial charge is 0.358 e. The van der Waals surface area contributed by atoms with Gasteiger partial charge in [-0.1, -0.05) is 0 Å². The summed E-state index contributed by atoms with van der Waals surface area (Å²) in [5.41, 5.74) is 0.710. The lowest BCUT2D eigenvalue weighted by atomic mass is 10.2. The van der Waals surface area contributed by atoms with Crippen LogP contribution in [-0.2, 0) is 6.54 Å². The molecule has 0 saturated carbocycles. The summed E-state index contributed by atoms with van der Waals surface area (Å²) in [7, 11) is 1.89. The first kappa shape index (κ1) is 13.8. The van der Waals surface area contributed by atoms with Gasteiger partial charge in [-0.2, -0.15) is 15.6 Å². The summed E-state index contributed by atoms with van der Waals surface area (Å²) in [6, 6.07) is 4.30. The molecule has 0 bridgehead atoms. The summed E-state index contributed by atoms with van der Waals surface area (Å²) in [6.07, 6.45) is 3.57. The Morgan fingerprint density at radius 3 is 2.90 bits per heavy atom. The Labute approximate surface area is 117 Å². The van der Waals surface area contributed by atoms with Crippen molar-refractivity contribution in [1.82, 2.24) is 19.7 Å². The predicted octanol–water partition coefficient (Wildman–Crippen LogP) is 1.34. The molecule has 7 heteroatoms. The lowest BCUT2D eigenvalue weighted by Crippen LogP contribution is -2.24. The van der Waals surface area contributed by atoms with Crippen molar-refractivity contribution < 1.29 is 0 Å². The van der Waals surface area contributed by atoms with Crippen molar-refractivity contribution in [1.29, 1.82) is 10.5 Å². The van der Waals surface area contributed by atoms with Gasteiger partial charge in [-0.05, 0) is 6.92 Å². The molecule has 20 heavy (non-hydrogen) atoms. The van der Waals surface area contributed by atoms with Crippen molar-refractivity contribution in [3.8, 4) is 12.1 Å². The molecule has 0 spiro atoms. The average Bonchev–Trinajstić information content (AvgIpc) is 2.87. The lowest BCUT2D eigenvalue weighted by molar-refractivity contribution is 0.643. The van der Waals surface area contributed by atoms with E-state index in [4.69, 9.17) is 10.5 Å². The van der Waals surface area contributed by atoms with Crippen LogP contribution in [0.25, 0.3) is 11.0 Å². The average molecular weight is 269 g/mol. The lowest BCUT2D eigenvalue weighted by Gasteiger charge is -2.19. The van der Waals surface area contributed by atoms with Gasteiger partial charge in [0.1, 0.15) is 12.1 Å². The zero-order valence-corrected chi connectivity index (χ0v) is 11.5. The summed E-state index contributed by atoms with van der Waals surface area (Å²) < 4.78 is 1.70. The monoisotopic (exact) mass is 269 g/mol. The van der Waals surface area contributed by atoms with Gasteiger partial charge in [0.15, 0.2) is 5.65 Å². The molecule has 0 saturated heterocycles. The first-order chi connectivity index (χ1) is 9.67. The Morgan fingerprint density at radius 1 is 1.40 bits per heavy atom. The third kappa shape index (κ3) is 2.67. The number of nitrogens with zero attached hydrogens (tertiary/aromatic N) is 7. The number of hydrogen-bond donors (Lipinski definition) is 0. The fraction of sp³-hybridized carbons (Fsp3) is 0.462. The Kier molecular flexibility index (Phi) is 4.11. The van der Waals surface area contributed by atoms with E-state index in [1.54, 1.807) is 10.9 Å². The molecule has 0 unspecified atom stereocenters. The maximum atomic E-state index is 8.89. The molecule has 0 fully saturated rings. The standard InChI is InChI=1S/C13H15N7/c1-10(6-15)8-19(2)12-11-7-18-20(5-3-4-14)13(11)17-9-16-12/h7,9-10H,3,5,8H2,1-2H3/t10-/m1/s1. The van der Waals surface area contributed by atoms with E-state index >= 15 is 0 Å². The van der Waals surface area contributed by atoms with Crippen molar-refractivity contribution in [3.05, 3.63) is 12.5 Å². The van der Waals surface area contributed by atoms with Crippen LogP contribution in [0.3, 0.4) is 0 Å². The Balaban J connectivity index is 2.34. The van der Waals surface area contributed by atoms with E-state index in [0.717, 1.165) is 11.2 Å². The zero-order chi connectivity index (χ0) is 14.5. The van der Waals surface area contributed by atoms with Gasteiger partial charge in [-0.25, -0.2) is 14.6 Å². The fourth-order valence-electron chi connectivity index (χ4n) is 2.04. The molecular formula is C13H15N7. The quantitative estimate of drug-likeness (QED) is 0.812. The minimum Gasteiger partial charge on any atom is -0.358 e. The summed E-state index contributed by atoms with van der Waals surface area (Å²) in [5.74, 6) is 0.666. The van der Waals surface area contributed by atoms with Crippen LogP contribution in [-0.4, -0.2) is 33.3 Å². The second-order valence-corrected chi connectivity index (χ2v) is 4.62. The summed E-state index contributed by atoms with van der Waals surface area (Å²) in [6.45, 7) is 2.96. The van der Waals surface area contributed by atoms with Gasteiger partial charge in [-0.3, -0.25) is 0 Å². The number of nitriles is 2. The van der Waals surface area contributed by atoms with Crippen LogP contribution in [0.2, 0.25) is 0 Å². The first-order valence-corrected chi connectivity index (χ1v) is 6.31. The van der Waals surface area contributed by atoms with E-state index in [9.17, 15) is 0 Å². The fourth-order valence-corrected chi connectivity index (χ4v) is 2.04. The van der Waals surface area contributed by atoms with E-state index in [2.05, 4.69) is 27.2 Å². The normalized spacial score (nSPS) is 11.8. The van der Waals surface area contributed by atoms with Crippen molar-refractivity contribution in [2.45, 2.75) is 19.9 Å². The highest BCUT2D eigenvalue weighted by molar-refractivity contribution is 5.86. The van der Waals surface area contributed by atoms with Crippen LogP contribution in [0, 0.1) is 28.6 Å². The van der Waals surface area contributed by atoms with E-state index in [1.807, 2.05) is 18.9 Å². The molecule has 7 nitrogen and oxygen atoms in total. The van der Waals surface area contributed by atoms with Crippen LogP contribution >= 0.6 is 0 Å². The second-order valence-electron chi connectivity index (χ2n) is 4.62. The van der Waals surface area contributed by atoms with Crippen LogP contribution in [0.1, 0.15) is 13.3 Å². The molecular weight excluding hydrogens is 254 g/mol. The highest BCUT2D eigenvalue weighted by Gasteiger charge is 2.14. The van der Waals surface area contributed by atoms with Crippen molar-refractivity contribution >= 4 is 16.9 Å². The van der Waals surface area contributed by atoms with Crippen molar-refractivity contribution in [2.75, 3.05) is 18.5 Å². The number of anilines is 1. The molecule has 0 N–H and O–H groups in total. The minimum atomic E-state index is -0.0846. The molecule has 1 atom stereocenters. The summed E-state index contributed by atoms with van der Waals surface area (Å²) in [4.78, 5) is 10.4. The van der Waals surface area contributed by atoms with Crippen LogP contribution in [0.15, 0.2) is 12.5 Å². The smallest absolute Gasteiger partial charge is 0.163 e. The van der Waals surface area contributed by atoms with Crippen LogP contribution < -0.4 is 4.90 Å². The number of aryl methyl sites for hydroxylation is 1. The van der Waals surface area contributed by atoms with Gasteiger partial charge in [0.2, 0.25) is 0 Å². The Hall–Kier alpha value is -2.67. The van der Waals surface area contributed by atoms with Gasteiger partial charge in [0.25, 0.3) is 0 Å². The second kappa shape index (κ2) is 5.98. The number of aromatic nitrogens is 4. The number of rotatable bonds is 5. The third-order valence-electron chi connectivity index (χ3n) is 2.98. The van der Waals surface area contributed by atoms with Crippen molar-refractivity contribution in [2.24, 2.45) is 5.92 Å². The molecule has 0 aliphatic heterocycles. The van der Waals surface area contributed by atoms with Gasteiger partial charge >= 0.3 is 0 Å². The van der Waals surface area contributed by atoms with Crippen LogP contribution in [0.4, 0.5) is 5.82 Å². The Bertz CT molecular complexity index is 676. The first-order valence-electron chi connectivity index (χ1n) is 6.31. The van der Waals surface area contributed by atoms with Crippen LogP contribution in [0.5, 0.6) is 0 Å². The number of fused-ring (bicyclic) bond motifs is 1. The molecule has 0 aliphatic rings. The molecule has 0 aromatic carbocycles. The molecule has 102 valence electrons. The molecule has 2 aromatic rings. The van der Waals surface area contributed by atoms with Gasteiger partial charge in [0, 0.05) is 13.6 Å². The predicted molar refractivity (Wildman–Crippen MR) is 73.6 cm³/mol. The van der Waals surface area contributed by atoms with Gasteiger partial charge in [0.05, 0.1) is 42.6 Å². The van der Waals surface area contributed by atoms with E-state index in [0.29, 0.717) is 25.2 Å². The molecule has 0 aliphatic carbocycles. The van der Waals surface area contributed by atoms with Gasteiger partial charge in [-0.15, -0.1) is 0 Å². The van der Waals surface area contributed by atoms with E-state index in [1.165, 1.54) is 6.33 Å². The molecule has 0 radical (unpaired) electrons. The molecule has 2 aromatic heterocycles. The third-order valence-corrected chi connectivity index (χ3v) is 2.98. The molecule has 2 rings (SSSR count). The maximum absolute atomic E-state index is 8.89. The highest BCUT2D eigenvalue weighted by atomic mass is 15.3. The number of hydrogen-bond acceptors (Lipinski definition) is 6. The summed E-state index contributed by atoms with van der Waals surface area (Å²) in [5, 5.41) is 22.6. The Morgan fingerprint density at radius 2 is 2.20 bits per heavy atom. The molecule has 0 amide bonds. The summed E-state index contributed by atoms with van der Waals surface area (Å²) >= 11 is 0. The van der Waals surface area contributed by atoms with E-state index < -0.39 is 0 Å². The molecule has 2 heterocycles. The minimum absolute atomic E-state index is 0.0846. The zero-order valence-electron chi connectivity index (χ0n) is 11.5. The maximum Gasteiger partial charge on any atom is 0.163 e. The van der Waals surface area contributed by atoms with E-state index in [-0.39, 0.29) is 5.92 Å². The van der Waals surface area contributed by atoms with Crippen molar-refractivity contribution in [3.63, 3.8) is 0 Å². The SMILES string of the molecule is C[C@H](C#N)CN(C)c1ncnc2c1cnn2CCC#N.